The SMILES string of the molecule is c1ccc(C2c3cccc(n3)C(c3cc4ccccc4[nH]3)c3cccc(n3)C(c3cc4ccccc4[nH]3)c3cccc2n3)nc1. The zero-order chi connectivity index (χ0) is 29.7. The molecule has 7 heterocycles. The Bertz CT molecular complexity index is 2110. The van der Waals surface area contributed by atoms with Crippen molar-refractivity contribution in [3.63, 3.8) is 0 Å². The van der Waals surface area contributed by atoms with Crippen LogP contribution < -0.4 is 0 Å². The van der Waals surface area contributed by atoms with Crippen molar-refractivity contribution in [3.8, 4) is 0 Å². The second-order valence-corrected chi connectivity index (χ2v) is 11.6. The van der Waals surface area contributed by atoms with Gasteiger partial charge in [-0.3, -0.25) is 19.9 Å². The zero-order valence-corrected chi connectivity index (χ0v) is 24.3. The van der Waals surface area contributed by atoms with Crippen LogP contribution >= 0.6 is 0 Å². The number of fused-ring (bicyclic) bond motifs is 8. The van der Waals surface area contributed by atoms with E-state index >= 15 is 0 Å². The molecule has 2 unspecified atom stereocenters. The molecule has 0 fully saturated rings. The molecule has 2 atom stereocenters. The van der Waals surface area contributed by atoms with E-state index in [1.54, 1.807) is 0 Å². The fraction of sp³-hybridized carbons (Fsp3) is 0.0769. The van der Waals surface area contributed by atoms with Crippen molar-refractivity contribution in [3.05, 3.63) is 191 Å². The second kappa shape index (κ2) is 10.4. The third-order valence-corrected chi connectivity index (χ3v) is 8.86. The third-order valence-electron chi connectivity index (χ3n) is 8.86. The number of aromatic amines is 2. The maximum atomic E-state index is 5.41. The zero-order valence-electron chi connectivity index (χ0n) is 24.3. The Kier molecular flexibility index (Phi) is 5.91. The fourth-order valence-corrected chi connectivity index (χ4v) is 6.82. The van der Waals surface area contributed by atoms with Crippen LogP contribution in [0.15, 0.2) is 140 Å². The van der Waals surface area contributed by atoms with Crippen LogP contribution in [0, 0.1) is 0 Å². The Morgan fingerprint density at radius 1 is 0.378 bits per heavy atom. The number of rotatable bonds is 3. The highest BCUT2D eigenvalue weighted by atomic mass is 14.9. The molecule has 6 nitrogen and oxygen atoms in total. The first kappa shape index (κ1) is 25.6. The summed E-state index contributed by atoms with van der Waals surface area (Å²) in [6, 6.07) is 46.2. The molecule has 6 heteroatoms. The lowest BCUT2D eigenvalue weighted by molar-refractivity contribution is 0.752. The van der Waals surface area contributed by atoms with Gasteiger partial charge in [0.2, 0.25) is 0 Å². The summed E-state index contributed by atoms with van der Waals surface area (Å²) in [7, 11) is 0. The Labute approximate surface area is 259 Å². The number of pyridine rings is 4. The summed E-state index contributed by atoms with van der Waals surface area (Å²) in [6.45, 7) is 0. The van der Waals surface area contributed by atoms with Gasteiger partial charge in [0.1, 0.15) is 0 Å². The van der Waals surface area contributed by atoms with Gasteiger partial charge in [0, 0.05) is 28.6 Å². The topological polar surface area (TPSA) is 83.1 Å². The van der Waals surface area contributed by atoms with Gasteiger partial charge in [-0.2, -0.15) is 0 Å². The average molecular weight is 581 g/mol. The highest BCUT2D eigenvalue weighted by Gasteiger charge is 2.30. The highest BCUT2D eigenvalue weighted by molar-refractivity contribution is 5.81. The number of H-pyrrole nitrogens is 2. The predicted octanol–water partition coefficient (Wildman–Crippen LogP) is 8.08. The number of nitrogens with one attached hydrogen (secondary N) is 2. The van der Waals surface area contributed by atoms with Gasteiger partial charge in [0.05, 0.1) is 57.6 Å². The Hall–Kier alpha value is -5.88. The number of nitrogens with zero attached hydrogens (tertiary/aromatic N) is 4. The van der Waals surface area contributed by atoms with Crippen molar-refractivity contribution >= 4 is 21.8 Å². The van der Waals surface area contributed by atoms with E-state index in [1.165, 1.54) is 0 Å². The van der Waals surface area contributed by atoms with Crippen molar-refractivity contribution in [2.45, 2.75) is 17.8 Å². The molecule has 0 saturated carbocycles. The molecule has 6 bridgehead atoms. The molecule has 214 valence electrons. The molecule has 1 aliphatic heterocycles. The summed E-state index contributed by atoms with van der Waals surface area (Å²) in [5.74, 6) is -0.671. The van der Waals surface area contributed by atoms with Crippen molar-refractivity contribution in [2.75, 3.05) is 0 Å². The molecule has 0 spiro atoms. The predicted molar refractivity (Wildman–Crippen MR) is 176 cm³/mol. The second-order valence-electron chi connectivity index (χ2n) is 11.6. The van der Waals surface area contributed by atoms with Crippen LogP contribution in [0.3, 0.4) is 0 Å². The molecule has 2 N–H and O–H groups in total. The third kappa shape index (κ3) is 4.42. The van der Waals surface area contributed by atoms with E-state index in [1.807, 2.05) is 18.3 Å². The van der Waals surface area contributed by atoms with Crippen molar-refractivity contribution < 1.29 is 0 Å². The first-order valence-corrected chi connectivity index (χ1v) is 15.3. The van der Waals surface area contributed by atoms with Crippen LogP contribution in [0.25, 0.3) is 21.8 Å². The minimum absolute atomic E-state index is 0.212. The lowest BCUT2D eigenvalue weighted by Crippen LogP contribution is -2.17. The van der Waals surface area contributed by atoms with Gasteiger partial charge >= 0.3 is 0 Å². The van der Waals surface area contributed by atoms with Gasteiger partial charge in [0.25, 0.3) is 0 Å². The maximum absolute atomic E-state index is 5.41. The van der Waals surface area contributed by atoms with Crippen molar-refractivity contribution in [1.82, 2.24) is 29.9 Å². The van der Waals surface area contributed by atoms with Crippen LogP contribution in [-0.4, -0.2) is 29.9 Å². The summed E-state index contributed by atoms with van der Waals surface area (Å²) < 4.78 is 0. The van der Waals surface area contributed by atoms with Crippen molar-refractivity contribution in [1.29, 1.82) is 0 Å². The summed E-state index contributed by atoms with van der Waals surface area (Å²) >= 11 is 0. The molecule has 0 saturated heterocycles. The van der Waals surface area contributed by atoms with E-state index in [0.717, 1.165) is 73.1 Å². The normalized spacial score (nSPS) is 17.6. The number of aromatic nitrogens is 6. The molecule has 6 aromatic heterocycles. The van der Waals surface area contributed by atoms with Crippen LogP contribution in [0.1, 0.15) is 69.0 Å². The monoisotopic (exact) mass is 580 g/mol. The highest BCUT2D eigenvalue weighted by Crippen LogP contribution is 2.38. The van der Waals surface area contributed by atoms with E-state index in [2.05, 4.69) is 131 Å². The Balaban J connectivity index is 1.34. The van der Waals surface area contributed by atoms with E-state index < -0.39 is 0 Å². The van der Waals surface area contributed by atoms with Gasteiger partial charge in [0.15, 0.2) is 0 Å². The molecule has 45 heavy (non-hydrogen) atoms. The summed E-state index contributed by atoms with van der Waals surface area (Å²) in [6.07, 6.45) is 1.84. The molecular weight excluding hydrogens is 552 g/mol. The van der Waals surface area contributed by atoms with Crippen molar-refractivity contribution in [2.24, 2.45) is 0 Å². The first-order valence-electron chi connectivity index (χ1n) is 15.3. The van der Waals surface area contributed by atoms with E-state index in [4.69, 9.17) is 19.9 Å². The Morgan fingerprint density at radius 3 is 1.20 bits per heavy atom. The van der Waals surface area contributed by atoms with Gasteiger partial charge < -0.3 is 9.97 Å². The minimum atomic E-state index is -0.247. The number of hydrogen-bond donors (Lipinski definition) is 2. The van der Waals surface area contributed by atoms with E-state index in [9.17, 15) is 0 Å². The number of benzene rings is 2. The molecule has 0 aliphatic carbocycles. The van der Waals surface area contributed by atoms with Crippen LogP contribution in [0.5, 0.6) is 0 Å². The lowest BCUT2D eigenvalue weighted by atomic mass is 9.89. The van der Waals surface area contributed by atoms with Crippen LogP contribution in [-0.2, 0) is 0 Å². The molecule has 1 aliphatic rings. The lowest BCUT2D eigenvalue weighted by Gasteiger charge is -2.24. The van der Waals surface area contributed by atoms with Gasteiger partial charge in [-0.15, -0.1) is 0 Å². The van der Waals surface area contributed by atoms with E-state index in [0.29, 0.717) is 0 Å². The molecule has 0 radical (unpaired) electrons. The number of hydrogen-bond acceptors (Lipinski definition) is 4. The van der Waals surface area contributed by atoms with Gasteiger partial charge in [-0.25, -0.2) is 0 Å². The number of para-hydroxylation sites is 2. The smallest absolute Gasteiger partial charge is 0.0858 e. The van der Waals surface area contributed by atoms with Crippen LogP contribution in [0.4, 0.5) is 0 Å². The molecule has 9 rings (SSSR count). The quantitative estimate of drug-likeness (QED) is 0.221. The largest absolute Gasteiger partial charge is 0.358 e. The summed E-state index contributed by atoms with van der Waals surface area (Å²) in [5.41, 5.74) is 10.7. The maximum Gasteiger partial charge on any atom is 0.0858 e. The summed E-state index contributed by atoms with van der Waals surface area (Å²) in [5, 5.41) is 2.32. The standard InChI is InChI=1S/C39H28N6/c1-3-12-26-24(10-1)22-35(41-26)38-31-17-7-15-29(43-31)37(28-14-5-6-21-40-28)30-16-8-18-32(44-30)39(34-20-9-19-33(38)45-34)36-23-25-11-2-4-13-27(25)42-36/h1-23,37-39,41-42H. The van der Waals surface area contributed by atoms with Gasteiger partial charge in [-0.05, 0) is 83.6 Å². The average Bonchev–Trinajstić information content (AvgIpc) is 3.70. The molecule has 8 aromatic rings. The molecular formula is C39H28N6. The summed E-state index contributed by atoms with van der Waals surface area (Å²) in [4.78, 5) is 28.3. The van der Waals surface area contributed by atoms with Crippen LogP contribution in [0.2, 0.25) is 0 Å². The molecule has 2 aromatic carbocycles. The van der Waals surface area contributed by atoms with E-state index in [-0.39, 0.29) is 17.8 Å². The minimum Gasteiger partial charge on any atom is -0.358 e. The fourth-order valence-electron chi connectivity index (χ4n) is 6.82. The van der Waals surface area contributed by atoms with Gasteiger partial charge in [-0.1, -0.05) is 60.7 Å². The molecule has 0 amide bonds. The first-order chi connectivity index (χ1) is 22.3. The Morgan fingerprint density at radius 2 is 0.778 bits per heavy atom.